The highest BCUT2D eigenvalue weighted by Crippen LogP contribution is 2.34. The first-order valence-electron chi connectivity index (χ1n) is 6.41. The molecule has 0 amide bonds. The summed E-state index contributed by atoms with van der Waals surface area (Å²) in [4.78, 5) is 0. The SMILES string of the molecule is COc1cccc(CC(CCC2CC2)NN)c1. The minimum absolute atomic E-state index is 0.378. The second kappa shape index (κ2) is 6.03. The van der Waals surface area contributed by atoms with Crippen molar-refractivity contribution in [3.63, 3.8) is 0 Å². The van der Waals surface area contributed by atoms with Gasteiger partial charge >= 0.3 is 0 Å². The van der Waals surface area contributed by atoms with Crippen molar-refractivity contribution in [2.45, 2.75) is 38.1 Å². The van der Waals surface area contributed by atoms with E-state index in [2.05, 4.69) is 17.6 Å². The Labute approximate surface area is 103 Å². The number of hydrazine groups is 1. The molecule has 1 aromatic carbocycles. The zero-order valence-corrected chi connectivity index (χ0v) is 10.5. The Morgan fingerprint density at radius 2 is 2.29 bits per heavy atom. The molecule has 3 nitrogen and oxygen atoms in total. The third-order valence-electron chi connectivity index (χ3n) is 3.47. The number of methoxy groups -OCH3 is 1. The molecule has 0 spiro atoms. The van der Waals surface area contributed by atoms with Gasteiger partial charge in [0.15, 0.2) is 0 Å². The summed E-state index contributed by atoms with van der Waals surface area (Å²) in [5.41, 5.74) is 4.21. The predicted molar refractivity (Wildman–Crippen MR) is 69.8 cm³/mol. The molecule has 0 heterocycles. The number of nitrogens with one attached hydrogen (secondary N) is 1. The van der Waals surface area contributed by atoms with Gasteiger partial charge in [0.1, 0.15) is 5.75 Å². The fraction of sp³-hybridized carbons (Fsp3) is 0.571. The van der Waals surface area contributed by atoms with Crippen LogP contribution in [0.4, 0.5) is 0 Å². The quantitative estimate of drug-likeness (QED) is 0.562. The molecule has 1 aromatic rings. The van der Waals surface area contributed by atoms with Crippen molar-refractivity contribution in [2.24, 2.45) is 11.8 Å². The Kier molecular flexibility index (Phi) is 4.40. The molecule has 1 aliphatic rings. The van der Waals surface area contributed by atoms with Crippen LogP contribution in [0.3, 0.4) is 0 Å². The highest BCUT2D eigenvalue weighted by atomic mass is 16.5. The van der Waals surface area contributed by atoms with Gasteiger partial charge in [-0.05, 0) is 42.9 Å². The van der Waals surface area contributed by atoms with Crippen LogP contribution in [0, 0.1) is 5.92 Å². The summed E-state index contributed by atoms with van der Waals surface area (Å²) in [6.45, 7) is 0. The summed E-state index contributed by atoms with van der Waals surface area (Å²) in [6, 6.07) is 8.59. The lowest BCUT2D eigenvalue weighted by Gasteiger charge is -2.16. The summed E-state index contributed by atoms with van der Waals surface area (Å²) in [5, 5.41) is 0. The highest BCUT2D eigenvalue weighted by molar-refractivity contribution is 5.28. The van der Waals surface area contributed by atoms with Crippen molar-refractivity contribution < 1.29 is 4.74 Å². The predicted octanol–water partition coefficient (Wildman–Crippen LogP) is 2.26. The van der Waals surface area contributed by atoms with E-state index in [1.54, 1.807) is 7.11 Å². The molecule has 1 atom stereocenters. The molecule has 3 N–H and O–H groups in total. The molecule has 1 saturated carbocycles. The van der Waals surface area contributed by atoms with Gasteiger partial charge in [0, 0.05) is 6.04 Å². The van der Waals surface area contributed by atoms with Crippen LogP contribution in [-0.2, 0) is 6.42 Å². The number of nitrogens with two attached hydrogens (primary N) is 1. The lowest BCUT2D eigenvalue weighted by molar-refractivity contribution is 0.413. The van der Waals surface area contributed by atoms with Gasteiger partial charge in [-0.1, -0.05) is 25.0 Å². The van der Waals surface area contributed by atoms with Crippen molar-refractivity contribution in [3.8, 4) is 5.75 Å². The number of benzene rings is 1. The van der Waals surface area contributed by atoms with Crippen LogP contribution in [0.2, 0.25) is 0 Å². The Hall–Kier alpha value is -1.06. The monoisotopic (exact) mass is 234 g/mol. The van der Waals surface area contributed by atoms with Gasteiger partial charge in [-0.15, -0.1) is 0 Å². The molecule has 1 aliphatic carbocycles. The average Bonchev–Trinajstić information content (AvgIpc) is 3.18. The fourth-order valence-corrected chi connectivity index (χ4v) is 2.17. The molecule has 0 radical (unpaired) electrons. The standard InChI is InChI=1S/C14H22N2O/c1-17-14-4-2-3-12(10-14)9-13(16-15)8-7-11-5-6-11/h2-4,10-11,13,16H,5-9,15H2,1H3. The lowest BCUT2D eigenvalue weighted by Crippen LogP contribution is -2.36. The minimum Gasteiger partial charge on any atom is -0.497 e. The molecular formula is C14H22N2O. The second-order valence-electron chi connectivity index (χ2n) is 4.94. The van der Waals surface area contributed by atoms with Crippen LogP contribution in [0.15, 0.2) is 24.3 Å². The van der Waals surface area contributed by atoms with Gasteiger partial charge in [-0.3, -0.25) is 11.3 Å². The molecule has 0 saturated heterocycles. The number of rotatable bonds is 7. The topological polar surface area (TPSA) is 47.3 Å². The van der Waals surface area contributed by atoms with E-state index in [1.165, 1.54) is 31.2 Å². The summed E-state index contributed by atoms with van der Waals surface area (Å²) >= 11 is 0. The van der Waals surface area contributed by atoms with Crippen LogP contribution < -0.4 is 16.0 Å². The van der Waals surface area contributed by atoms with E-state index in [0.717, 1.165) is 18.1 Å². The molecule has 94 valence electrons. The van der Waals surface area contributed by atoms with Crippen molar-refractivity contribution in [2.75, 3.05) is 7.11 Å². The van der Waals surface area contributed by atoms with Gasteiger partial charge in [0.25, 0.3) is 0 Å². The second-order valence-corrected chi connectivity index (χ2v) is 4.94. The van der Waals surface area contributed by atoms with E-state index in [4.69, 9.17) is 10.6 Å². The molecule has 1 fully saturated rings. The van der Waals surface area contributed by atoms with E-state index in [0.29, 0.717) is 6.04 Å². The van der Waals surface area contributed by atoms with Crippen molar-refractivity contribution in [1.29, 1.82) is 0 Å². The molecule has 0 aromatic heterocycles. The van der Waals surface area contributed by atoms with Crippen molar-refractivity contribution in [1.82, 2.24) is 5.43 Å². The number of hydrogen-bond acceptors (Lipinski definition) is 3. The third kappa shape index (κ3) is 4.02. The Balaban J connectivity index is 1.86. The van der Waals surface area contributed by atoms with Crippen LogP contribution >= 0.6 is 0 Å². The maximum Gasteiger partial charge on any atom is 0.119 e. The van der Waals surface area contributed by atoms with Crippen LogP contribution in [0.1, 0.15) is 31.2 Å². The number of hydrogen-bond donors (Lipinski definition) is 2. The molecule has 0 aliphatic heterocycles. The fourth-order valence-electron chi connectivity index (χ4n) is 2.17. The van der Waals surface area contributed by atoms with E-state index >= 15 is 0 Å². The van der Waals surface area contributed by atoms with E-state index in [-0.39, 0.29) is 0 Å². The normalized spacial score (nSPS) is 16.8. The molecular weight excluding hydrogens is 212 g/mol. The average molecular weight is 234 g/mol. The van der Waals surface area contributed by atoms with Gasteiger partial charge in [-0.25, -0.2) is 0 Å². The zero-order chi connectivity index (χ0) is 12.1. The summed E-state index contributed by atoms with van der Waals surface area (Å²) < 4.78 is 5.23. The maximum atomic E-state index is 5.62. The van der Waals surface area contributed by atoms with Crippen LogP contribution in [0.25, 0.3) is 0 Å². The van der Waals surface area contributed by atoms with E-state index < -0.39 is 0 Å². The largest absolute Gasteiger partial charge is 0.497 e. The summed E-state index contributed by atoms with van der Waals surface area (Å²) in [5.74, 6) is 7.50. The van der Waals surface area contributed by atoms with Gasteiger partial charge in [-0.2, -0.15) is 0 Å². The Morgan fingerprint density at radius 3 is 2.94 bits per heavy atom. The molecule has 2 rings (SSSR count). The van der Waals surface area contributed by atoms with Crippen molar-refractivity contribution in [3.05, 3.63) is 29.8 Å². The first-order chi connectivity index (χ1) is 8.31. The van der Waals surface area contributed by atoms with Crippen LogP contribution in [0.5, 0.6) is 5.75 Å². The molecule has 17 heavy (non-hydrogen) atoms. The molecule has 3 heteroatoms. The van der Waals surface area contributed by atoms with E-state index in [9.17, 15) is 0 Å². The smallest absolute Gasteiger partial charge is 0.119 e. The third-order valence-corrected chi connectivity index (χ3v) is 3.47. The van der Waals surface area contributed by atoms with Gasteiger partial charge in [0.05, 0.1) is 7.11 Å². The first kappa shape index (κ1) is 12.4. The molecule has 1 unspecified atom stereocenters. The molecule has 0 bridgehead atoms. The minimum atomic E-state index is 0.378. The van der Waals surface area contributed by atoms with Crippen molar-refractivity contribution >= 4 is 0 Å². The van der Waals surface area contributed by atoms with Gasteiger partial charge in [0.2, 0.25) is 0 Å². The van der Waals surface area contributed by atoms with Gasteiger partial charge < -0.3 is 4.74 Å². The lowest BCUT2D eigenvalue weighted by atomic mass is 10.0. The zero-order valence-electron chi connectivity index (χ0n) is 10.5. The summed E-state index contributed by atoms with van der Waals surface area (Å²) in [7, 11) is 1.70. The Morgan fingerprint density at radius 1 is 1.47 bits per heavy atom. The number of ether oxygens (including phenoxy) is 1. The van der Waals surface area contributed by atoms with Crippen LogP contribution in [-0.4, -0.2) is 13.2 Å². The summed E-state index contributed by atoms with van der Waals surface area (Å²) in [6.07, 6.45) is 6.27. The first-order valence-corrected chi connectivity index (χ1v) is 6.41. The van der Waals surface area contributed by atoms with E-state index in [1.807, 2.05) is 12.1 Å². The maximum absolute atomic E-state index is 5.62. The Bertz CT molecular complexity index is 350. The highest BCUT2D eigenvalue weighted by Gasteiger charge is 2.22.